The van der Waals surface area contributed by atoms with Crippen LogP contribution in [0.1, 0.15) is 21.5 Å². The van der Waals surface area contributed by atoms with Gasteiger partial charge in [-0.2, -0.15) is 0 Å². The maximum Gasteiger partial charge on any atom is 0.260 e. The number of aryl methyl sites for hydroxylation is 1. The van der Waals surface area contributed by atoms with Gasteiger partial charge in [0, 0.05) is 5.56 Å². The number of anilines is 1. The van der Waals surface area contributed by atoms with Crippen LogP contribution in [-0.2, 0) is 0 Å². The van der Waals surface area contributed by atoms with Crippen LogP contribution in [0.25, 0.3) is 0 Å². The van der Waals surface area contributed by atoms with Crippen LogP contribution in [0, 0.1) is 6.92 Å². The van der Waals surface area contributed by atoms with Crippen LogP contribution in [-0.4, -0.2) is 10.9 Å². The van der Waals surface area contributed by atoms with Crippen molar-refractivity contribution in [3.63, 3.8) is 0 Å². The number of carbonyl (C=O) groups is 1. The van der Waals surface area contributed by atoms with Gasteiger partial charge < -0.3 is 15.5 Å². The molecule has 19 heavy (non-hydrogen) atoms. The van der Waals surface area contributed by atoms with E-state index in [9.17, 15) is 4.79 Å². The summed E-state index contributed by atoms with van der Waals surface area (Å²) in [6.07, 6.45) is 1.43. The number of benzene rings is 1. The van der Waals surface area contributed by atoms with Crippen LogP contribution in [0.3, 0.4) is 0 Å². The van der Waals surface area contributed by atoms with E-state index in [1.54, 1.807) is 12.1 Å². The maximum atomic E-state index is 12.1. The Morgan fingerprint density at radius 3 is 2.74 bits per heavy atom. The van der Waals surface area contributed by atoms with Gasteiger partial charge >= 0.3 is 0 Å². The van der Waals surface area contributed by atoms with Crippen molar-refractivity contribution in [2.24, 2.45) is 5.73 Å². The van der Waals surface area contributed by atoms with Crippen molar-refractivity contribution in [2.45, 2.75) is 6.92 Å². The molecule has 1 heterocycles. The fraction of sp³-hybridized carbons (Fsp3) is 0.0769. The van der Waals surface area contributed by atoms with Crippen LogP contribution in [0.5, 0.6) is 0 Å². The molecule has 0 atom stereocenters. The maximum absolute atomic E-state index is 12.1. The third-order valence-corrected chi connectivity index (χ3v) is 3.45. The zero-order valence-corrected chi connectivity index (χ0v) is 12.5. The zero-order chi connectivity index (χ0) is 14.0. The molecule has 0 aliphatic heterocycles. The van der Waals surface area contributed by atoms with E-state index < -0.39 is 0 Å². The van der Waals surface area contributed by atoms with Crippen LogP contribution in [0.2, 0.25) is 0 Å². The van der Waals surface area contributed by atoms with Crippen molar-refractivity contribution < 1.29 is 9.21 Å². The van der Waals surface area contributed by atoms with Gasteiger partial charge in [0.2, 0.25) is 0 Å². The normalized spacial score (nSPS) is 10.2. The lowest BCUT2D eigenvalue weighted by atomic mass is 10.1. The Balaban J connectivity index is 2.35. The van der Waals surface area contributed by atoms with Gasteiger partial charge in [0.15, 0.2) is 4.67 Å². The summed E-state index contributed by atoms with van der Waals surface area (Å²) in [6.45, 7) is 1.89. The van der Waals surface area contributed by atoms with E-state index in [0.717, 1.165) is 5.56 Å². The van der Waals surface area contributed by atoms with E-state index in [1.165, 1.54) is 6.26 Å². The first-order valence-electron chi connectivity index (χ1n) is 5.44. The van der Waals surface area contributed by atoms with E-state index in [1.807, 2.05) is 19.1 Å². The SMILES string of the molecule is Cc1cccc(NC(=O)c2ccoc2Br)c1C(N)=S. The average Bonchev–Trinajstić information content (AvgIpc) is 2.75. The Labute approximate surface area is 124 Å². The number of rotatable bonds is 3. The molecule has 0 saturated carbocycles. The molecule has 0 radical (unpaired) electrons. The minimum Gasteiger partial charge on any atom is -0.457 e. The molecular weight excluding hydrogens is 328 g/mol. The number of halogens is 1. The smallest absolute Gasteiger partial charge is 0.260 e. The van der Waals surface area contributed by atoms with E-state index >= 15 is 0 Å². The summed E-state index contributed by atoms with van der Waals surface area (Å²) in [7, 11) is 0. The lowest BCUT2D eigenvalue weighted by Crippen LogP contribution is -2.18. The number of amides is 1. The van der Waals surface area contributed by atoms with Gasteiger partial charge in [-0.3, -0.25) is 4.79 Å². The molecule has 0 spiro atoms. The van der Waals surface area contributed by atoms with Crippen LogP contribution in [0.15, 0.2) is 39.6 Å². The standard InChI is InChI=1S/C13H11BrN2O2S/c1-7-3-2-4-9(10(7)12(15)19)16-13(17)8-5-6-18-11(8)14/h2-6H,1H3,(H2,15,19)(H,16,17). The summed E-state index contributed by atoms with van der Waals surface area (Å²) in [6, 6.07) is 7.05. The monoisotopic (exact) mass is 338 g/mol. The molecule has 1 amide bonds. The number of hydrogen-bond donors (Lipinski definition) is 2. The van der Waals surface area contributed by atoms with E-state index in [0.29, 0.717) is 21.5 Å². The molecule has 6 heteroatoms. The van der Waals surface area contributed by atoms with Crippen LogP contribution >= 0.6 is 28.1 Å². The molecule has 4 nitrogen and oxygen atoms in total. The minimum atomic E-state index is -0.288. The third-order valence-electron chi connectivity index (χ3n) is 2.63. The number of hydrogen-bond acceptors (Lipinski definition) is 3. The molecule has 0 unspecified atom stereocenters. The topological polar surface area (TPSA) is 68.3 Å². The van der Waals surface area contributed by atoms with Crippen molar-refractivity contribution in [3.05, 3.63) is 51.9 Å². The van der Waals surface area contributed by atoms with Crippen molar-refractivity contribution in [1.29, 1.82) is 0 Å². The highest BCUT2D eigenvalue weighted by atomic mass is 79.9. The molecule has 0 fully saturated rings. The first-order valence-corrected chi connectivity index (χ1v) is 6.64. The Bertz CT molecular complexity index is 652. The summed E-state index contributed by atoms with van der Waals surface area (Å²) in [4.78, 5) is 12.3. The number of nitrogens with one attached hydrogen (secondary N) is 1. The summed E-state index contributed by atoms with van der Waals surface area (Å²) < 4.78 is 5.41. The molecule has 2 rings (SSSR count). The van der Waals surface area contributed by atoms with Gasteiger partial charge in [0.05, 0.1) is 17.5 Å². The second kappa shape index (κ2) is 5.54. The Morgan fingerprint density at radius 1 is 1.42 bits per heavy atom. The molecule has 1 aromatic heterocycles. The highest BCUT2D eigenvalue weighted by Crippen LogP contribution is 2.23. The largest absolute Gasteiger partial charge is 0.457 e. The van der Waals surface area contributed by atoms with Crippen molar-refractivity contribution in [1.82, 2.24) is 0 Å². The van der Waals surface area contributed by atoms with Gasteiger partial charge in [-0.05, 0) is 40.5 Å². The summed E-state index contributed by atoms with van der Waals surface area (Å²) in [5.41, 5.74) is 8.28. The van der Waals surface area contributed by atoms with E-state index in [2.05, 4.69) is 21.2 Å². The van der Waals surface area contributed by atoms with Crippen molar-refractivity contribution in [2.75, 3.05) is 5.32 Å². The second-order valence-corrected chi connectivity index (χ2v) is 5.08. The molecule has 3 N–H and O–H groups in total. The highest BCUT2D eigenvalue weighted by molar-refractivity contribution is 9.10. The van der Waals surface area contributed by atoms with Crippen LogP contribution < -0.4 is 11.1 Å². The Hall–Kier alpha value is -1.66. The molecule has 0 aliphatic carbocycles. The lowest BCUT2D eigenvalue weighted by molar-refractivity contribution is 0.102. The summed E-state index contributed by atoms with van der Waals surface area (Å²) >= 11 is 8.18. The van der Waals surface area contributed by atoms with Gasteiger partial charge in [0.25, 0.3) is 5.91 Å². The molecular formula is C13H11BrN2O2S. The Morgan fingerprint density at radius 2 is 2.16 bits per heavy atom. The number of furan rings is 1. The van der Waals surface area contributed by atoms with Gasteiger partial charge in [-0.25, -0.2) is 0 Å². The van der Waals surface area contributed by atoms with Crippen molar-refractivity contribution in [3.8, 4) is 0 Å². The quantitative estimate of drug-likeness (QED) is 0.843. The minimum absolute atomic E-state index is 0.250. The van der Waals surface area contributed by atoms with E-state index in [4.69, 9.17) is 22.4 Å². The number of nitrogens with two attached hydrogens (primary N) is 1. The predicted octanol–water partition coefficient (Wildman–Crippen LogP) is 3.24. The van der Waals surface area contributed by atoms with Gasteiger partial charge in [0.1, 0.15) is 4.99 Å². The van der Waals surface area contributed by atoms with Gasteiger partial charge in [-0.15, -0.1) is 0 Å². The number of carbonyl (C=O) groups excluding carboxylic acids is 1. The predicted molar refractivity (Wildman–Crippen MR) is 81.4 cm³/mol. The fourth-order valence-corrected chi connectivity index (χ4v) is 2.44. The zero-order valence-electron chi connectivity index (χ0n) is 10.1. The Kier molecular flexibility index (Phi) is 4.01. The highest BCUT2D eigenvalue weighted by Gasteiger charge is 2.15. The lowest BCUT2D eigenvalue weighted by Gasteiger charge is -2.12. The second-order valence-electron chi connectivity index (χ2n) is 3.92. The van der Waals surface area contributed by atoms with Crippen molar-refractivity contribution >= 4 is 44.7 Å². The van der Waals surface area contributed by atoms with Crippen LogP contribution in [0.4, 0.5) is 5.69 Å². The first-order chi connectivity index (χ1) is 9.00. The summed E-state index contributed by atoms with van der Waals surface area (Å²) in [5.74, 6) is -0.288. The molecule has 0 aliphatic rings. The molecule has 0 saturated heterocycles. The molecule has 2 aromatic rings. The molecule has 98 valence electrons. The molecule has 0 bridgehead atoms. The average molecular weight is 339 g/mol. The third kappa shape index (κ3) is 2.85. The fourth-order valence-electron chi connectivity index (χ4n) is 1.74. The first kappa shape index (κ1) is 13.8. The summed E-state index contributed by atoms with van der Waals surface area (Å²) in [5, 5.41) is 2.78. The van der Waals surface area contributed by atoms with E-state index in [-0.39, 0.29) is 10.9 Å². The van der Waals surface area contributed by atoms with Gasteiger partial charge in [-0.1, -0.05) is 24.4 Å². The molecule has 1 aromatic carbocycles. The number of thiocarbonyl (C=S) groups is 1.